The lowest BCUT2D eigenvalue weighted by atomic mass is 10.00. The van der Waals surface area contributed by atoms with Gasteiger partial charge >= 0.3 is 0 Å². The third kappa shape index (κ3) is 3.80. The van der Waals surface area contributed by atoms with Crippen molar-refractivity contribution in [1.82, 2.24) is 0 Å². The van der Waals surface area contributed by atoms with Crippen LogP contribution in [0.1, 0.15) is 25.7 Å². The van der Waals surface area contributed by atoms with Crippen molar-refractivity contribution in [1.29, 1.82) is 0 Å². The highest BCUT2D eigenvalue weighted by Gasteiger charge is 2.26. The summed E-state index contributed by atoms with van der Waals surface area (Å²) in [6.07, 6.45) is 3.70. The van der Waals surface area contributed by atoms with Crippen molar-refractivity contribution in [2.24, 2.45) is 11.7 Å². The van der Waals surface area contributed by atoms with E-state index in [2.05, 4.69) is 5.32 Å². The number of benzene rings is 1. The number of nitrogens with one attached hydrogen (secondary N) is 1. The fraction of sp³-hybridized carbons (Fsp3) is 0.533. The van der Waals surface area contributed by atoms with Gasteiger partial charge in [0.05, 0.1) is 0 Å². The lowest BCUT2D eigenvalue weighted by molar-refractivity contribution is -0.117. The van der Waals surface area contributed by atoms with E-state index in [1.165, 1.54) is 0 Å². The summed E-state index contributed by atoms with van der Waals surface area (Å²) in [5, 5.41) is 2.91. The van der Waals surface area contributed by atoms with Crippen molar-refractivity contribution >= 4 is 24.0 Å². The summed E-state index contributed by atoms with van der Waals surface area (Å²) in [5.41, 5.74) is 6.74. The second-order valence-electron chi connectivity index (χ2n) is 5.47. The molecule has 116 valence electrons. The number of nitrogens with two attached hydrogens (primary N) is 1. The number of rotatable bonds is 3. The zero-order valence-electron chi connectivity index (χ0n) is 11.8. The molecule has 1 amide bonds. The zero-order chi connectivity index (χ0) is 13.9. The number of carbonyl (C=O) groups excluding carboxylic acids is 1. The third-order valence-electron chi connectivity index (χ3n) is 3.99. The van der Waals surface area contributed by atoms with Gasteiger partial charge in [-0.05, 0) is 30.9 Å². The van der Waals surface area contributed by atoms with E-state index >= 15 is 0 Å². The minimum atomic E-state index is 0. The van der Waals surface area contributed by atoms with Crippen molar-refractivity contribution in [2.45, 2.75) is 31.7 Å². The maximum absolute atomic E-state index is 12.0. The van der Waals surface area contributed by atoms with Gasteiger partial charge in [0.15, 0.2) is 11.5 Å². The lowest BCUT2D eigenvalue weighted by Crippen LogP contribution is -2.28. The average Bonchev–Trinajstić information content (AvgIpc) is 2.84. The van der Waals surface area contributed by atoms with Gasteiger partial charge in [-0.1, -0.05) is 6.42 Å². The van der Waals surface area contributed by atoms with E-state index in [0.29, 0.717) is 31.3 Å². The summed E-state index contributed by atoms with van der Waals surface area (Å²) in [4.78, 5) is 12.0. The molecular formula is C15H21ClN2O3. The Labute approximate surface area is 130 Å². The van der Waals surface area contributed by atoms with Crippen LogP contribution in [-0.4, -0.2) is 25.2 Å². The fourth-order valence-corrected chi connectivity index (χ4v) is 2.89. The normalized spacial score (nSPS) is 23.3. The molecule has 1 saturated carbocycles. The van der Waals surface area contributed by atoms with Gasteiger partial charge in [0.1, 0.15) is 13.2 Å². The van der Waals surface area contributed by atoms with E-state index < -0.39 is 0 Å². The first-order valence-corrected chi connectivity index (χ1v) is 7.17. The first-order valence-electron chi connectivity index (χ1n) is 7.17. The summed E-state index contributed by atoms with van der Waals surface area (Å²) in [6, 6.07) is 5.63. The Balaban J connectivity index is 0.00000161. The molecule has 1 aliphatic heterocycles. The fourth-order valence-electron chi connectivity index (χ4n) is 2.89. The number of hydrogen-bond donors (Lipinski definition) is 2. The quantitative estimate of drug-likeness (QED) is 0.898. The van der Waals surface area contributed by atoms with Crippen molar-refractivity contribution in [3.05, 3.63) is 18.2 Å². The number of amides is 1. The molecule has 0 saturated heterocycles. The maximum atomic E-state index is 12.0. The first kappa shape index (κ1) is 15.9. The molecule has 2 aliphatic rings. The van der Waals surface area contributed by atoms with E-state index in [0.717, 1.165) is 30.7 Å². The maximum Gasteiger partial charge on any atom is 0.224 e. The molecule has 1 aliphatic carbocycles. The second kappa shape index (κ2) is 7.00. The highest BCUT2D eigenvalue weighted by molar-refractivity contribution is 5.91. The molecule has 5 nitrogen and oxygen atoms in total. The molecule has 6 heteroatoms. The Morgan fingerprint density at radius 1 is 1.24 bits per heavy atom. The number of carbonyl (C=O) groups is 1. The van der Waals surface area contributed by atoms with Crippen LogP contribution in [0, 0.1) is 5.92 Å². The SMILES string of the molecule is Cl.N[C@@H]1CCC[C@H]1CC(=O)Nc1ccc2c(c1)OCCO2. The molecule has 0 unspecified atom stereocenters. The van der Waals surface area contributed by atoms with Crippen LogP contribution in [0.5, 0.6) is 11.5 Å². The Bertz CT molecular complexity index is 510. The molecule has 0 radical (unpaired) electrons. The van der Waals surface area contributed by atoms with Gasteiger partial charge in [0.2, 0.25) is 5.91 Å². The number of hydrogen-bond acceptors (Lipinski definition) is 4. The summed E-state index contributed by atoms with van der Waals surface area (Å²) < 4.78 is 11.0. The molecule has 0 spiro atoms. The Morgan fingerprint density at radius 3 is 2.71 bits per heavy atom. The zero-order valence-corrected chi connectivity index (χ0v) is 12.7. The predicted molar refractivity (Wildman–Crippen MR) is 83.2 cm³/mol. The van der Waals surface area contributed by atoms with Gasteiger partial charge in [-0.2, -0.15) is 0 Å². The van der Waals surface area contributed by atoms with Crippen molar-refractivity contribution in [3.63, 3.8) is 0 Å². The van der Waals surface area contributed by atoms with Crippen LogP contribution in [0.2, 0.25) is 0 Å². The van der Waals surface area contributed by atoms with E-state index in [1.807, 2.05) is 12.1 Å². The monoisotopic (exact) mass is 312 g/mol. The second-order valence-corrected chi connectivity index (χ2v) is 5.47. The lowest BCUT2D eigenvalue weighted by Gasteiger charge is -2.19. The molecule has 1 aromatic rings. The van der Waals surface area contributed by atoms with E-state index in [1.54, 1.807) is 6.07 Å². The van der Waals surface area contributed by atoms with E-state index in [4.69, 9.17) is 15.2 Å². The van der Waals surface area contributed by atoms with Crippen LogP contribution in [0.4, 0.5) is 5.69 Å². The Morgan fingerprint density at radius 2 is 2.00 bits per heavy atom. The highest BCUT2D eigenvalue weighted by Crippen LogP contribution is 2.33. The van der Waals surface area contributed by atoms with E-state index in [9.17, 15) is 4.79 Å². The minimum absolute atomic E-state index is 0. The summed E-state index contributed by atoms with van der Waals surface area (Å²) in [5.74, 6) is 1.75. The van der Waals surface area contributed by atoms with Crippen LogP contribution >= 0.6 is 12.4 Å². The molecule has 2 atom stereocenters. The van der Waals surface area contributed by atoms with Crippen LogP contribution in [0.3, 0.4) is 0 Å². The summed E-state index contributed by atoms with van der Waals surface area (Å²) in [6.45, 7) is 1.11. The van der Waals surface area contributed by atoms with Gasteiger partial charge < -0.3 is 20.5 Å². The Kier molecular flexibility index (Phi) is 5.31. The standard InChI is InChI=1S/C15H20N2O3.ClH/c16-12-3-1-2-10(12)8-15(18)17-11-4-5-13-14(9-11)20-7-6-19-13;/h4-5,9-10,12H,1-3,6-8,16H2,(H,17,18);1H/t10-,12+;/m0./s1. The van der Waals surface area contributed by atoms with Gasteiger partial charge in [0, 0.05) is 24.2 Å². The Hall–Kier alpha value is -1.46. The highest BCUT2D eigenvalue weighted by atomic mass is 35.5. The molecule has 1 heterocycles. The van der Waals surface area contributed by atoms with Gasteiger partial charge in [-0.3, -0.25) is 4.79 Å². The number of halogens is 1. The van der Waals surface area contributed by atoms with Crippen molar-refractivity contribution in [3.8, 4) is 11.5 Å². The summed E-state index contributed by atoms with van der Waals surface area (Å²) in [7, 11) is 0. The minimum Gasteiger partial charge on any atom is -0.486 e. The third-order valence-corrected chi connectivity index (χ3v) is 3.99. The summed E-state index contributed by atoms with van der Waals surface area (Å²) >= 11 is 0. The molecule has 21 heavy (non-hydrogen) atoms. The van der Waals surface area contributed by atoms with Crippen LogP contribution in [0.25, 0.3) is 0 Å². The predicted octanol–water partition coefficient (Wildman–Crippen LogP) is 2.34. The topological polar surface area (TPSA) is 73.6 Å². The molecule has 1 fully saturated rings. The van der Waals surface area contributed by atoms with E-state index in [-0.39, 0.29) is 24.4 Å². The van der Waals surface area contributed by atoms with Crippen LogP contribution in [-0.2, 0) is 4.79 Å². The van der Waals surface area contributed by atoms with Crippen molar-refractivity contribution < 1.29 is 14.3 Å². The largest absolute Gasteiger partial charge is 0.486 e. The van der Waals surface area contributed by atoms with Gasteiger partial charge in [-0.25, -0.2) is 0 Å². The first-order chi connectivity index (χ1) is 9.72. The molecule has 1 aromatic carbocycles. The van der Waals surface area contributed by atoms with Gasteiger partial charge in [0.25, 0.3) is 0 Å². The number of anilines is 1. The van der Waals surface area contributed by atoms with Crippen LogP contribution in [0.15, 0.2) is 18.2 Å². The molecule has 3 N–H and O–H groups in total. The molecule has 3 rings (SSSR count). The van der Waals surface area contributed by atoms with Crippen LogP contribution < -0.4 is 20.5 Å². The average molecular weight is 313 g/mol. The molecule has 0 bridgehead atoms. The smallest absolute Gasteiger partial charge is 0.224 e. The van der Waals surface area contributed by atoms with Crippen molar-refractivity contribution in [2.75, 3.05) is 18.5 Å². The number of fused-ring (bicyclic) bond motifs is 1. The molecule has 0 aromatic heterocycles. The van der Waals surface area contributed by atoms with Gasteiger partial charge in [-0.15, -0.1) is 12.4 Å². The molecular weight excluding hydrogens is 292 g/mol. The number of ether oxygens (including phenoxy) is 2.